The Morgan fingerprint density at radius 3 is 2.20 bits per heavy atom. The van der Waals surface area contributed by atoms with Gasteiger partial charge in [0, 0.05) is 19.0 Å². The number of amides is 2. The zero-order valence-electron chi connectivity index (χ0n) is 14.2. The van der Waals surface area contributed by atoms with Crippen LogP contribution in [0.3, 0.4) is 0 Å². The highest BCUT2D eigenvalue weighted by molar-refractivity contribution is 7.92. The van der Waals surface area contributed by atoms with Crippen molar-refractivity contribution in [2.24, 2.45) is 11.7 Å². The van der Waals surface area contributed by atoms with Gasteiger partial charge in [0.1, 0.15) is 11.9 Å². The number of primary amides is 1. The van der Waals surface area contributed by atoms with Gasteiger partial charge in [-0.2, -0.15) is 0 Å². The van der Waals surface area contributed by atoms with Gasteiger partial charge in [-0.25, -0.2) is 12.8 Å². The molecule has 0 spiro atoms. The number of halogens is 1. The van der Waals surface area contributed by atoms with Crippen molar-refractivity contribution in [3.05, 3.63) is 30.1 Å². The Morgan fingerprint density at radius 2 is 1.76 bits per heavy atom. The van der Waals surface area contributed by atoms with Crippen LogP contribution >= 0.6 is 0 Å². The maximum atomic E-state index is 13.1. The summed E-state index contributed by atoms with van der Waals surface area (Å²) in [7, 11) is -3.75. The smallest absolute Gasteiger partial charge is 0.246 e. The highest BCUT2D eigenvalue weighted by Crippen LogP contribution is 2.24. The van der Waals surface area contributed by atoms with E-state index >= 15 is 0 Å². The molecule has 1 heterocycles. The van der Waals surface area contributed by atoms with E-state index in [0.29, 0.717) is 25.9 Å². The van der Waals surface area contributed by atoms with E-state index in [1.54, 1.807) is 0 Å². The van der Waals surface area contributed by atoms with Crippen LogP contribution in [0, 0.1) is 11.7 Å². The molecule has 9 heteroatoms. The molecule has 1 atom stereocenters. The number of sulfonamides is 1. The van der Waals surface area contributed by atoms with Crippen LogP contribution in [0.1, 0.15) is 19.8 Å². The van der Waals surface area contributed by atoms with Gasteiger partial charge in [-0.1, -0.05) is 0 Å². The summed E-state index contributed by atoms with van der Waals surface area (Å²) < 4.78 is 38.5. The number of hydrogen-bond acceptors (Lipinski definition) is 4. The lowest BCUT2D eigenvalue weighted by Gasteiger charge is -2.36. The van der Waals surface area contributed by atoms with Gasteiger partial charge in [0.25, 0.3) is 0 Å². The van der Waals surface area contributed by atoms with Gasteiger partial charge in [-0.15, -0.1) is 0 Å². The number of likely N-dealkylation sites (tertiary alicyclic amines) is 1. The number of anilines is 1. The minimum Gasteiger partial charge on any atom is -0.369 e. The second kappa shape index (κ2) is 7.38. The van der Waals surface area contributed by atoms with Crippen molar-refractivity contribution in [1.82, 2.24) is 4.90 Å². The number of piperidine rings is 1. The predicted molar refractivity (Wildman–Crippen MR) is 91.7 cm³/mol. The minimum atomic E-state index is -3.75. The Bertz CT molecular complexity index is 743. The molecular weight excluding hydrogens is 349 g/mol. The molecule has 138 valence electrons. The molecular formula is C16H22FN3O4S. The summed E-state index contributed by atoms with van der Waals surface area (Å²) in [6, 6.07) is 3.94. The number of nitrogens with zero attached hydrogens (tertiary/aromatic N) is 2. The van der Waals surface area contributed by atoms with E-state index in [4.69, 9.17) is 5.73 Å². The third-order valence-electron chi connectivity index (χ3n) is 4.36. The van der Waals surface area contributed by atoms with Crippen LogP contribution in [0.4, 0.5) is 10.1 Å². The summed E-state index contributed by atoms with van der Waals surface area (Å²) in [5.74, 6) is -1.51. The summed E-state index contributed by atoms with van der Waals surface area (Å²) >= 11 is 0. The second-order valence-electron chi connectivity index (χ2n) is 6.21. The molecule has 1 aromatic carbocycles. The molecule has 0 saturated carbocycles. The predicted octanol–water partition coefficient (Wildman–Crippen LogP) is 0.704. The van der Waals surface area contributed by atoms with E-state index in [9.17, 15) is 22.4 Å². The van der Waals surface area contributed by atoms with Gasteiger partial charge >= 0.3 is 0 Å². The highest BCUT2D eigenvalue weighted by Gasteiger charge is 2.34. The topological polar surface area (TPSA) is 101 Å². The average Bonchev–Trinajstić information content (AvgIpc) is 2.55. The first-order valence-electron chi connectivity index (χ1n) is 7.94. The fourth-order valence-electron chi connectivity index (χ4n) is 3.04. The fourth-order valence-corrected chi connectivity index (χ4v) is 4.21. The van der Waals surface area contributed by atoms with Crippen LogP contribution < -0.4 is 10.0 Å². The number of nitrogens with two attached hydrogens (primary N) is 1. The summed E-state index contributed by atoms with van der Waals surface area (Å²) in [5, 5.41) is 0. The van der Waals surface area contributed by atoms with Crippen molar-refractivity contribution < 1.29 is 22.4 Å². The molecule has 1 aromatic rings. The van der Waals surface area contributed by atoms with Crippen LogP contribution in [0.2, 0.25) is 0 Å². The average molecular weight is 371 g/mol. The zero-order chi connectivity index (χ0) is 18.8. The van der Waals surface area contributed by atoms with Crippen molar-refractivity contribution in [2.45, 2.75) is 25.8 Å². The molecule has 0 unspecified atom stereocenters. The van der Waals surface area contributed by atoms with Gasteiger partial charge in [0.05, 0.1) is 11.9 Å². The molecule has 0 radical (unpaired) electrons. The molecule has 0 aromatic heterocycles. The first-order chi connectivity index (χ1) is 11.6. The quantitative estimate of drug-likeness (QED) is 0.823. The normalized spacial score (nSPS) is 17.2. The van der Waals surface area contributed by atoms with E-state index in [0.717, 1.165) is 22.7 Å². The maximum Gasteiger partial charge on any atom is 0.246 e. The van der Waals surface area contributed by atoms with Crippen molar-refractivity contribution in [1.29, 1.82) is 0 Å². The molecule has 1 fully saturated rings. The van der Waals surface area contributed by atoms with Crippen LogP contribution in [-0.2, 0) is 19.6 Å². The lowest BCUT2D eigenvalue weighted by molar-refractivity contribution is -0.135. The van der Waals surface area contributed by atoms with E-state index in [1.165, 1.54) is 24.0 Å². The molecule has 2 N–H and O–H groups in total. The maximum absolute atomic E-state index is 13.1. The number of hydrogen-bond donors (Lipinski definition) is 1. The van der Waals surface area contributed by atoms with Gasteiger partial charge < -0.3 is 10.6 Å². The zero-order valence-corrected chi connectivity index (χ0v) is 15.0. The Morgan fingerprint density at radius 1 is 1.24 bits per heavy atom. The molecule has 0 aliphatic carbocycles. The molecule has 1 aliphatic heterocycles. The lowest BCUT2D eigenvalue weighted by atomic mass is 9.96. The van der Waals surface area contributed by atoms with Crippen LogP contribution in [0.5, 0.6) is 0 Å². The molecule has 1 aliphatic rings. The summed E-state index contributed by atoms with van der Waals surface area (Å²) in [5.41, 5.74) is 5.50. The molecule has 25 heavy (non-hydrogen) atoms. The number of rotatable bonds is 5. The van der Waals surface area contributed by atoms with Gasteiger partial charge in [0.2, 0.25) is 21.8 Å². The summed E-state index contributed by atoms with van der Waals surface area (Å²) in [4.78, 5) is 25.5. The first-order valence-corrected chi connectivity index (χ1v) is 9.79. The van der Waals surface area contributed by atoms with Gasteiger partial charge in [-0.3, -0.25) is 13.9 Å². The van der Waals surface area contributed by atoms with Crippen LogP contribution in [0.25, 0.3) is 0 Å². The highest BCUT2D eigenvalue weighted by atomic mass is 32.2. The van der Waals surface area contributed by atoms with Gasteiger partial charge in [0.15, 0.2) is 0 Å². The summed E-state index contributed by atoms with van der Waals surface area (Å²) in [6.07, 6.45) is 1.92. The number of benzene rings is 1. The van der Waals surface area contributed by atoms with E-state index in [1.807, 2.05) is 0 Å². The van der Waals surface area contributed by atoms with E-state index in [2.05, 4.69) is 0 Å². The molecule has 1 saturated heterocycles. The third kappa shape index (κ3) is 4.47. The monoisotopic (exact) mass is 371 g/mol. The fraction of sp³-hybridized carbons (Fsp3) is 0.500. The van der Waals surface area contributed by atoms with Crippen molar-refractivity contribution in [3.63, 3.8) is 0 Å². The lowest BCUT2D eigenvalue weighted by Crippen LogP contribution is -2.52. The summed E-state index contributed by atoms with van der Waals surface area (Å²) in [6.45, 7) is 2.18. The molecule has 2 amide bonds. The van der Waals surface area contributed by atoms with Gasteiger partial charge in [-0.05, 0) is 44.0 Å². The van der Waals surface area contributed by atoms with Crippen LogP contribution in [0.15, 0.2) is 24.3 Å². The Kier molecular flexibility index (Phi) is 5.66. The Hall–Kier alpha value is -2.16. The van der Waals surface area contributed by atoms with Crippen molar-refractivity contribution in [2.75, 3.05) is 23.7 Å². The number of carbonyl (C=O) groups is 2. The minimum absolute atomic E-state index is 0.219. The molecule has 0 bridgehead atoms. The largest absolute Gasteiger partial charge is 0.369 e. The van der Waals surface area contributed by atoms with Crippen molar-refractivity contribution in [3.8, 4) is 0 Å². The SMILES string of the molecule is C[C@@H](C(=O)N1CCC(C(N)=O)CC1)N(c1ccc(F)cc1)S(C)(=O)=O. The standard InChI is InChI=1S/C16H22FN3O4S/c1-11(16(22)19-9-7-12(8-10-19)15(18)21)20(25(2,23)24)14-5-3-13(17)4-6-14/h3-6,11-12H,7-10H2,1-2H3,(H2,18,21)/t11-/m0/s1. The first kappa shape index (κ1) is 19.2. The molecule has 7 nitrogen and oxygen atoms in total. The van der Waals surface area contributed by atoms with E-state index < -0.39 is 21.9 Å². The van der Waals surface area contributed by atoms with Crippen molar-refractivity contribution >= 4 is 27.5 Å². The second-order valence-corrected chi connectivity index (χ2v) is 8.07. The third-order valence-corrected chi connectivity index (χ3v) is 5.60. The molecule has 2 rings (SSSR count). The van der Waals surface area contributed by atoms with Crippen LogP contribution in [-0.4, -0.2) is 50.5 Å². The van der Waals surface area contributed by atoms with E-state index in [-0.39, 0.29) is 23.4 Å². The Labute approximate surface area is 146 Å². The number of carbonyl (C=O) groups excluding carboxylic acids is 2. The Balaban J connectivity index is 2.19.